The molecule has 2 aromatic rings. The van der Waals surface area contributed by atoms with Gasteiger partial charge in [-0.25, -0.2) is 0 Å². The largest absolute Gasteiger partial charge is 0.496 e. The molecule has 0 aliphatic rings. The van der Waals surface area contributed by atoms with Gasteiger partial charge < -0.3 is 24.1 Å². The zero-order chi connectivity index (χ0) is 18.4. The molecular weight excluding hydrogens is 324 g/mol. The zero-order valence-electron chi connectivity index (χ0n) is 14.8. The van der Waals surface area contributed by atoms with Crippen molar-refractivity contribution in [2.45, 2.75) is 6.42 Å². The van der Waals surface area contributed by atoms with E-state index in [1.54, 1.807) is 21.3 Å². The number of nitrogens with one attached hydrogen (secondary N) is 1. The molecule has 7 heteroatoms. The maximum Gasteiger partial charge on any atom is 0.256 e. The van der Waals surface area contributed by atoms with E-state index in [9.17, 15) is 9.59 Å². The van der Waals surface area contributed by atoms with Gasteiger partial charge in [0.15, 0.2) is 11.5 Å². The van der Waals surface area contributed by atoms with E-state index in [1.807, 2.05) is 18.2 Å². The van der Waals surface area contributed by atoms with E-state index in [2.05, 4.69) is 5.32 Å². The lowest BCUT2D eigenvalue weighted by molar-refractivity contribution is 0.0950. The number of carbonyl (C=O) groups excluding carboxylic acids is 1. The lowest BCUT2D eigenvalue weighted by atomic mass is 10.1. The summed E-state index contributed by atoms with van der Waals surface area (Å²) >= 11 is 0. The molecule has 1 amide bonds. The Morgan fingerprint density at radius 3 is 2.36 bits per heavy atom. The van der Waals surface area contributed by atoms with E-state index >= 15 is 0 Å². The van der Waals surface area contributed by atoms with Crippen LogP contribution in [-0.2, 0) is 13.5 Å². The fourth-order valence-electron chi connectivity index (χ4n) is 2.40. The topological polar surface area (TPSA) is 78.8 Å². The normalized spacial score (nSPS) is 10.2. The van der Waals surface area contributed by atoms with Crippen LogP contribution in [0.2, 0.25) is 0 Å². The van der Waals surface area contributed by atoms with E-state index in [0.29, 0.717) is 30.0 Å². The minimum absolute atomic E-state index is 0.237. The molecule has 0 unspecified atom stereocenters. The molecule has 0 fully saturated rings. The summed E-state index contributed by atoms with van der Waals surface area (Å²) in [7, 11) is 6.17. The first kappa shape index (κ1) is 18.4. The molecule has 1 aromatic carbocycles. The van der Waals surface area contributed by atoms with E-state index in [0.717, 1.165) is 5.56 Å². The summed E-state index contributed by atoms with van der Waals surface area (Å²) in [4.78, 5) is 24.0. The van der Waals surface area contributed by atoms with Crippen LogP contribution in [0.5, 0.6) is 17.2 Å². The average molecular weight is 346 g/mol. The lowest BCUT2D eigenvalue weighted by Crippen LogP contribution is -2.28. The first-order valence-corrected chi connectivity index (χ1v) is 7.74. The second kappa shape index (κ2) is 8.23. The van der Waals surface area contributed by atoms with Crippen molar-refractivity contribution < 1.29 is 19.0 Å². The van der Waals surface area contributed by atoms with Crippen molar-refractivity contribution in [2.24, 2.45) is 7.05 Å². The molecule has 1 aromatic heterocycles. The van der Waals surface area contributed by atoms with Gasteiger partial charge in [0.25, 0.3) is 11.5 Å². The molecule has 0 radical (unpaired) electrons. The number of ether oxygens (including phenoxy) is 3. The third-order valence-corrected chi connectivity index (χ3v) is 3.80. The molecule has 0 spiro atoms. The monoisotopic (exact) mass is 346 g/mol. The Hall–Kier alpha value is -2.96. The Kier molecular flexibility index (Phi) is 6.05. The van der Waals surface area contributed by atoms with Crippen LogP contribution in [0, 0.1) is 0 Å². The van der Waals surface area contributed by atoms with Crippen LogP contribution in [0.3, 0.4) is 0 Å². The molecule has 0 saturated carbocycles. The zero-order valence-corrected chi connectivity index (χ0v) is 14.8. The number of rotatable bonds is 7. The molecule has 0 bridgehead atoms. The van der Waals surface area contributed by atoms with Crippen molar-refractivity contribution in [2.75, 3.05) is 27.9 Å². The van der Waals surface area contributed by atoms with Crippen molar-refractivity contribution in [3.8, 4) is 17.2 Å². The Bertz CT molecular complexity index is 814. The van der Waals surface area contributed by atoms with Gasteiger partial charge in [-0.1, -0.05) is 6.07 Å². The molecular formula is C18H22N2O5. The predicted molar refractivity (Wildman–Crippen MR) is 93.8 cm³/mol. The molecule has 1 heterocycles. The van der Waals surface area contributed by atoms with Crippen molar-refractivity contribution in [1.82, 2.24) is 9.88 Å². The molecule has 0 aliphatic heterocycles. The van der Waals surface area contributed by atoms with Crippen molar-refractivity contribution in [3.05, 3.63) is 51.9 Å². The lowest BCUT2D eigenvalue weighted by Gasteiger charge is -2.12. The van der Waals surface area contributed by atoms with Crippen LogP contribution in [0.25, 0.3) is 0 Å². The summed E-state index contributed by atoms with van der Waals surface area (Å²) in [6, 6.07) is 6.91. The highest BCUT2D eigenvalue weighted by Crippen LogP contribution is 2.27. The SMILES string of the molecule is COc1ccc(CCNC(=O)c2cn(C)c(=O)cc2OC)cc1OC. The number of nitrogens with zero attached hydrogens (tertiary/aromatic N) is 1. The molecule has 7 nitrogen and oxygen atoms in total. The summed E-state index contributed by atoms with van der Waals surface area (Å²) in [6.45, 7) is 0.431. The Balaban J connectivity index is 2.04. The van der Waals surface area contributed by atoms with Gasteiger partial charge in [-0.2, -0.15) is 0 Å². The first-order chi connectivity index (χ1) is 12.0. The van der Waals surface area contributed by atoms with E-state index in [-0.39, 0.29) is 17.2 Å². The summed E-state index contributed by atoms with van der Waals surface area (Å²) in [5, 5.41) is 2.83. The molecule has 0 saturated heterocycles. The number of hydrogen-bond donors (Lipinski definition) is 1. The molecule has 0 aliphatic carbocycles. The number of pyridine rings is 1. The maximum atomic E-state index is 12.4. The van der Waals surface area contributed by atoms with Crippen molar-refractivity contribution in [3.63, 3.8) is 0 Å². The quantitative estimate of drug-likeness (QED) is 0.819. The van der Waals surface area contributed by atoms with Gasteiger partial charge in [0.2, 0.25) is 0 Å². The maximum absolute atomic E-state index is 12.4. The summed E-state index contributed by atoms with van der Waals surface area (Å²) in [6.07, 6.45) is 2.09. The fourth-order valence-corrected chi connectivity index (χ4v) is 2.40. The van der Waals surface area contributed by atoms with E-state index < -0.39 is 0 Å². The van der Waals surface area contributed by atoms with Gasteiger partial charge in [-0.05, 0) is 24.1 Å². The van der Waals surface area contributed by atoms with Crippen LogP contribution in [0.15, 0.2) is 35.3 Å². The number of carbonyl (C=O) groups is 1. The predicted octanol–water partition coefficient (Wildman–Crippen LogP) is 1.38. The highest BCUT2D eigenvalue weighted by Gasteiger charge is 2.14. The number of aryl methyl sites for hydroxylation is 1. The highest BCUT2D eigenvalue weighted by atomic mass is 16.5. The van der Waals surface area contributed by atoms with Crippen molar-refractivity contribution in [1.29, 1.82) is 0 Å². The number of methoxy groups -OCH3 is 3. The Morgan fingerprint density at radius 2 is 1.72 bits per heavy atom. The summed E-state index contributed by atoms with van der Waals surface area (Å²) < 4.78 is 16.9. The van der Waals surface area contributed by atoms with Gasteiger partial charge in [-0.3, -0.25) is 9.59 Å². The summed E-state index contributed by atoms with van der Waals surface area (Å²) in [5.41, 5.74) is 1.08. The second-order valence-electron chi connectivity index (χ2n) is 5.40. The minimum atomic E-state index is -0.298. The molecule has 25 heavy (non-hydrogen) atoms. The van der Waals surface area contributed by atoms with Gasteiger partial charge in [0.1, 0.15) is 5.75 Å². The third kappa shape index (κ3) is 4.32. The van der Waals surface area contributed by atoms with Gasteiger partial charge in [0.05, 0.1) is 26.9 Å². The number of amides is 1. The van der Waals surface area contributed by atoms with Gasteiger partial charge in [-0.15, -0.1) is 0 Å². The molecule has 134 valence electrons. The average Bonchev–Trinajstić information content (AvgIpc) is 2.63. The van der Waals surface area contributed by atoms with Crippen LogP contribution < -0.4 is 25.1 Å². The minimum Gasteiger partial charge on any atom is -0.496 e. The van der Waals surface area contributed by atoms with Crippen LogP contribution in [0.1, 0.15) is 15.9 Å². The van der Waals surface area contributed by atoms with Crippen LogP contribution in [0.4, 0.5) is 0 Å². The van der Waals surface area contributed by atoms with Crippen molar-refractivity contribution >= 4 is 5.91 Å². The number of benzene rings is 1. The fraction of sp³-hybridized carbons (Fsp3) is 0.333. The van der Waals surface area contributed by atoms with Crippen LogP contribution >= 0.6 is 0 Å². The van der Waals surface area contributed by atoms with Gasteiger partial charge in [0, 0.05) is 25.9 Å². The van der Waals surface area contributed by atoms with E-state index in [1.165, 1.54) is 23.9 Å². The third-order valence-electron chi connectivity index (χ3n) is 3.80. The highest BCUT2D eigenvalue weighted by molar-refractivity contribution is 5.96. The number of hydrogen-bond acceptors (Lipinski definition) is 5. The van der Waals surface area contributed by atoms with Crippen LogP contribution in [-0.4, -0.2) is 38.3 Å². The molecule has 0 atom stereocenters. The Labute approximate surface area is 146 Å². The first-order valence-electron chi connectivity index (χ1n) is 7.74. The molecule has 1 N–H and O–H groups in total. The summed E-state index contributed by atoms with van der Waals surface area (Å²) in [5.74, 6) is 1.26. The molecule has 2 rings (SSSR count). The smallest absolute Gasteiger partial charge is 0.256 e. The second-order valence-corrected chi connectivity index (χ2v) is 5.40. The standard InChI is InChI=1S/C18H22N2O5/c1-20-11-13(15(24-3)10-17(20)21)18(22)19-8-7-12-5-6-14(23-2)16(9-12)25-4/h5-6,9-11H,7-8H2,1-4H3,(H,19,22). The van der Waals surface area contributed by atoms with E-state index in [4.69, 9.17) is 14.2 Å². The number of aromatic nitrogens is 1. The Morgan fingerprint density at radius 1 is 1.04 bits per heavy atom. The van der Waals surface area contributed by atoms with Gasteiger partial charge >= 0.3 is 0 Å².